The summed E-state index contributed by atoms with van der Waals surface area (Å²) < 4.78 is 38.4. The zero-order valence-electron chi connectivity index (χ0n) is 17.1. The van der Waals surface area contributed by atoms with E-state index in [9.17, 15) is 22.8 Å². The number of alkyl halides is 3. The number of rotatable bonds is 7. The molecule has 0 saturated heterocycles. The molecule has 2 aromatic carbocycles. The monoisotopic (exact) mass is 449 g/mol. The quantitative estimate of drug-likeness (QED) is 0.421. The fourth-order valence-corrected chi connectivity index (χ4v) is 3.85. The molecule has 0 saturated carbocycles. The van der Waals surface area contributed by atoms with Gasteiger partial charge < -0.3 is 5.32 Å². The summed E-state index contributed by atoms with van der Waals surface area (Å²) in [6.45, 7) is 2.80. The minimum absolute atomic E-state index is 0.238. The number of benzene rings is 2. The average molecular weight is 449 g/mol. The van der Waals surface area contributed by atoms with E-state index < -0.39 is 18.6 Å². The van der Waals surface area contributed by atoms with E-state index >= 15 is 0 Å². The predicted molar refractivity (Wildman–Crippen MR) is 116 cm³/mol. The minimum atomic E-state index is -4.49. The molecule has 1 heterocycles. The lowest BCUT2D eigenvalue weighted by atomic mass is 9.98. The summed E-state index contributed by atoms with van der Waals surface area (Å²) in [5, 5.41) is 2.48. The maximum absolute atomic E-state index is 13.2. The number of amides is 1. The van der Waals surface area contributed by atoms with Gasteiger partial charge in [-0.25, -0.2) is 4.98 Å². The topological polar surface area (TPSA) is 64.0 Å². The van der Waals surface area contributed by atoms with Gasteiger partial charge in [0.1, 0.15) is 6.54 Å². The number of fused-ring (bicyclic) bond motifs is 1. The van der Waals surface area contributed by atoms with Crippen molar-refractivity contribution in [2.75, 3.05) is 12.3 Å². The highest BCUT2D eigenvalue weighted by atomic mass is 32.2. The smallest absolute Gasteiger partial charge is 0.346 e. The number of nitrogens with zero attached hydrogens (tertiary/aromatic N) is 2. The molecule has 5 nitrogen and oxygen atoms in total. The number of aromatic nitrogens is 2. The van der Waals surface area contributed by atoms with Gasteiger partial charge in [0.15, 0.2) is 5.16 Å². The van der Waals surface area contributed by atoms with Crippen LogP contribution in [0.25, 0.3) is 16.6 Å². The summed E-state index contributed by atoms with van der Waals surface area (Å²) in [7, 11) is 0. The maximum atomic E-state index is 13.2. The number of carbonyl (C=O) groups is 1. The van der Waals surface area contributed by atoms with Gasteiger partial charge in [0.2, 0.25) is 5.91 Å². The third-order valence-corrected chi connectivity index (χ3v) is 5.83. The van der Waals surface area contributed by atoms with Crippen LogP contribution in [0.4, 0.5) is 13.2 Å². The van der Waals surface area contributed by atoms with Gasteiger partial charge >= 0.3 is 6.18 Å². The molecule has 1 atom stereocenters. The summed E-state index contributed by atoms with van der Waals surface area (Å²) in [5.74, 6) is -0.721. The summed E-state index contributed by atoms with van der Waals surface area (Å²) in [6, 6.07) is 14.3. The molecule has 0 fully saturated rings. The SMILES string of the molecule is CCC(C)c1ccc(-n2c(SCC(=O)NCC(F)(F)F)nc3ccccc3c2=O)cc1. The van der Waals surface area contributed by atoms with Crippen molar-refractivity contribution in [2.24, 2.45) is 0 Å². The Bertz CT molecular complexity index is 1130. The van der Waals surface area contributed by atoms with Gasteiger partial charge in [-0.15, -0.1) is 0 Å². The highest BCUT2D eigenvalue weighted by Gasteiger charge is 2.27. The fraction of sp³-hybridized carbons (Fsp3) is 0.318. The van der Waals surface area contributed by atoms with Gasteiger partial charge in [-0.3, -0.25) is 14.2 Å². The predicted octanol–water partition coefficient (Wildman–Crippen LogP) is 4.67. The number of hydrogen-bond donors (Lipinski definition) is 1. The van der Waals surface area contributed by atoms with Crippen LogP contribution in [0.5, 0.6) is 0 Å². The third-order valence-electron chi connectivity index (χ3n) is 4.90. The molecule has 1 N–H and O–H groups in total. The summed E-state index contributed by atoms with van der Waals surface area (Å²) in [6.07, 6.45) is -3.51. The number of carbonyl (C=O) groups excluding carboxylic acids is 1. The summed E-state index contributed by atoms with van der Waals surface area (Å²) in [5.41, 5.74) is 1.86. The first kappa shape index (κ1) is 22.9. The zero-order chi connectivity index (χ0) is 22.6. The highest BCUT2D eigenvalue weighted by molar-refractivity contribution is 7.99. The number of para-hydroxylation sites is 1. The second-order valence-electron chi connectivity index (χ2n) is 7.13. The normalized spacial score (nSPS) is 12.7. The van der Waals surface area contributed by atoms with Gasteiger partial charge in [0, 0.05) is 0 Å². The second-order valence-corrected chi connectivity index (χ2v) is 8.08. The Morgan fingerprint density at radius 3 is 2.48 bits per heavy atom. The van der Waals surface area contributed by atoms with E-state index in [0.717, 1.165) is 23.7 Å². The Kier molecular flexibility index (Phi) is 7.04. The van der Waals surface area contributed by atoms with E-state index in [0.29, 0.717) is 22.5 Å². The Hall–Kier alpha value is -2.81. The Labute approximate surface area is 181 Å². The van der Waals surface area contributed by atoms with E-state index in [-0.39, 0.29) is 16.5 Å². The molecule has 0 spiro atoms. The van der Waals surface area contributed by atoms with E-state index in [1.165, 1.54) is 4.57 Å². The third kappa shape index (κ3) is 5.66. The van der Waals surface area contributed by atoms with Gasteiger partial charge in [0.05, 0.1) is 22.3 Å². The summed E-state index contributed by atoms with van der Waals surface area (Å²) in [4.78, 5) is 29.5. The lowest BCUT2D eigenvalue weighted by molar-refractivity contribution is -0.136. The molecule has 0 aliphatic rings. The molecule has 9 heteroatoms. The molecule has 1 aromatic heterocycles. The molecular weight excluding hydrogens is 427 g/mol. The standard InChI is InChI=1S/C22H22F3N3O2S/c1-3-14(2)15-8-10-16(11-9-15)28-20(30)17-6-4-5-7-18(17)27-21(28)31-12-19(29)26-13-22(23,24)25/h4-11,14H,3,12-13H2,1-2H3,(H,26,29). The number of halogens is 3. The van der Waals surface area contributed by atoms with Crippen molar-refractivity contribution in [3.8, 4) is 5.69 Å². The number of hydrogen-bond acceptors (Lipinski definition) is 4. The Morgan fingerprint density at radius 1 is 1.16 bits per heavy atom. The number of thioether (sulfide) groups is 1. The van der Waals surface area contributed by atoms with Crippen molar-refractivity contribution in [1.82, 2.24) is 14.9 Å². The zero-order valence-corrected chi connectivity index (χ0v) is 17.9. The van der Waals surface area contributed by atoms with Crippen LogP contribution in [-0.2, 0) is 4.79 Å². The molecule has 1 unspecified atom stereocenters. The molecule has 3 rings (SSSR count). The summed E-state index contributed by atoms with van der Waals surface area (Å²) >= 11 is 0.917. The van der Waals surface area contributed by atoms with Gasteiger partial charge in [0.25, 0.3) is 5.56 Å². The molecule has 3 aromatic rings. The van der Waals surface area contributed by atoms with E-state index in [4.69, 9.17) is 0 Å². The molecule has 0 bridgehead atoms. The van der Waals surface area contributed by atoms with Crippen molar-refractivity contribution < 1.29 is 18.0 Å². The molecule has 1 amide bonds. The van der Waals surface area contributed by atoms with Gasteiger partial charge in [-0.05, 0) is 42.2 Å². The van der Waals surface area contributed by atoms with Crippen LogP contribution in [0.3, 0.4) is 0 Å². The second kappa shape index (κ2) is 9.55. The lowest BCUT2D eigenvalue weighted by Gasteiger charge is -2.15. The molecular formula is C22H22F3N3O2S. The lowest BCUT2D eigenvalue weighted by Crippen LogP contribution is -2.35. The molecule has 0 aliphatic heterocycles. The van der Waals surface area contributed by atoms with Crippen LogP contribution >= 0.6 is 11.8 Å². The number of nitrogens with one attached hydrogen (secondary N) is 1. The van der Waals surface area contributed by atoms with Crippen molar-refractivity contribution in [3.63, 3.8) is 0 Å². The minimum Gasteiger partial charge on any atom is -0.346 e. The van der Waals surface area contributed by atoms with Crippen LogP contribution in [0.15, 0.2) is 58.5 Å². The van der Waals surface area contributed by atoms with Crippen molar-refractivity contribution in [2.45, 2.75) is 37.5 Å². The van der Waals surface area contributed by atoms with Crippen LogP contribution in [0.2, 0.25) is 0 Å². The highest BCUT2D eigenvalue weighted by Crippen LogP contribution is 2.24. The van der Waals surface area contributed by atoms with E-state index in [2.05, 4.69) is 18.8 Å². The molecule has 0 aliphatic carbocycles. The molecule has 31 heavy (non-hydrogen) atoms. The van der Waals surface area contributed by atoms with Crippen LogP contribution in [0.1, 0.15) is 31.7 Å². The first-order valence-corrected chi connectivity index (χ1v) is 10.8. The Balaban J connectivity index is 1.96. The van der Waals surface area contributed by atoms with Gasteiger partial charge in [-0.2, -0.15) is 13.2 Å². The maximum Gasteiger partial charge on any atom is 0.405 e. The Morgan fingerprint density at radius 2 is 1.84 bits per heavy atom. The van der Waals surface area contributed by atoms with E-state index in [1.54, 1.807) is 24.3 Å². The first-order chi connectivity index (χ1) is 14.7. The molecule has 164 valence electrons. The van der Waals surface area contributed by atoms with Crippen molar-refractivity contribution in [1.29, 1.82) is 0 Å². The van der Waals surface area contributed by atoms with Crippen LogP contribution in [-0.4, -0.2) is 33.9 Å². The van der Waals surface area contributed by atoms with Crippen LogP contribution < -0.4 is 10.9 Å². The van der Waals surface area contributed by atoms with Gasteiger partial charge in [-0.1, -0.05) is 49.9 Å². The van der Waals surface area contributed by atoms with E-state index in [1.807, 2.05) is 29.6 Å². The van der Waals surface area contributed by atoms with Crippen LogP contribution in [0, 0.1) is 0 Å². The van der Waals surface area contributed by atoms with Crippen molar-refractivity contribution >= 4 is 28.6 Å². The first-order valence-electron chi connectivity index (χ1n) is 9.78. The molecule has 0 radical (unpaired) electrons. The fourth-order valence-electron chi connectivity index (χ4n) is 3.00. The van der Waals surface area contributed by atoms with Crippen molar-refractivity contribution in [3.05, 3.63) is 64.4 Å². The largest absolute Gasteiger partial charge is 0.405 e. The average Bonchev–Trinajstić information content (AvgIpc) is 2.75.